The van der Waals surface area contributed by atoms with Crippen molar-refractivity contribution in [3.8, 4) is 6.07 Å². The molecule has 11 heavy (non-hydrogen) atoms. The highest BCUT2D eigenvalue weighted by Gasteiger charge is 2.36. The Hall–Kier alpha value is -0.433. The van der Waals surface area contributed by atoms with Crippen LogP contribution in [0.4, 0.5) is 8.22 Å². The first-order chi connectivity index (χ1) is 4.88. The van der Waals surface area contributed by atoms with Gasteiger partial charge in [-0.2, -0.15) is 5.26 Å². The lowest BCUT2D eigenvalue weighted by atomic mass is 10.1. The molecule has 0 bridgehead atoms. The number of nitrogens with zero attached hydrogens (tertiary/aromatic N) is 1. The van der Waals surface area contributed by atoms with Crippen LogP contribution < -0.4 is 0 Å². The van der Waals surface area contributed by atoms with E-state index in [9.17, 15) is 8.22 Å². The summed E-state index contributed by atoms with van der Waals surface area (Å²) in [6.07, 6.45) is 0.326. The summed E-state index contributed by atoms with van der Waals surface area (Å²) in [5.41, 5.74) is -0.572. The molecule has 0 amide bonds. The Bertz CT molecular complexity index is 159. The quantitative estimate of drug-likeness (QED) is 0.480. The molecule has 0 spiro atoms. The van der Waals surface area contributed by atoms with Crippen LogP contribution in [0.1, 0.15) is 20.3 Å². The largest absolute Gasteiger partial charge is 0.424 e. The smallest absolute Gasteiger partial charge is 0.270 e. The molecule has 4 heteroatoms. The summed E-state index contributed by atoms with van der Waals surface area (Å²) in [7, 11) is -3.99. The van der Waals surface area contributed by atoms with Gasteiger partial charge in [0.25, 0.3) is 0 Å². The van der Waals surface area contributed by atoms with E-state index in [1.165, 1.54) is 6.92 Å². The van der Waals surface area contributed by atoms with Crippen LogP contribution in [0.25, 0.3) is 0 Å². The number of halogens is 2. The molecule has 0 heterocycles. The molecule has 0 aliphatic carbocycles. The van der Waals surface area contributed by atoms with Crippen LogP contribution in [0.3, 0.4) is 0 Å². The molecule has 64 valence electrons. The van der Waals surface area contributed by atoms with Crippen LogP contribution >= 0.6 is 0 Å². The Morgan fingerprint density at radius 3 is 2.18 bits per heavy atom. The van der Waals surface area contributed by atoms with Crippen LogP contribution in [0.2, 0.25) is 12.1 Å². The van der Waals surface area contributed by atoms with Gasteiger partial charge in [0.05, 0.1) is 6.07 Å². The van der Waals surface area contributed by atoms with Crippen molar-refractivity contribution >= 4 is 8.74 Å². The fourth-order valence-corrected chi connectivity index (χ4v) is 1.56. The lowest BCUT2D eigenvalue weighted by molar-refractivity contribution is 0.521. The third-order valence-electron chi connectivity index (χ3n) is 1.79. The monoisotopic (exact) mass is 177 g/mol. The van der Waals surface area contributed by atoms with Gasteiger partial charge in [-0.3, -0.25) is 8.22 Å². The molecule has 0 saturated carbocycles. The zero-order valence-corrected chi connectivity index (χ0v) is 8.06. The Kier molecular flexibility index (Phi) is 3.66. The fourth-order valence-electron chi connectivity index (χ4n) is 0.790. The lowest BCUT2D eigenvalue weighted by Crippen LogP contribution is -2.24. The molecule has 0 aliphatic heterocycles. The Labute approximate surface area is 67.4 Å². The van der Waals surface area contributed by atoms with E-state index in [1.807, 2.05) is 6.07 Å². The van der Waals surface area contributed by atoms with Gasteiger partial charge in [0.15, 0.2) is 0 Å². The minimum Gasteiger partial charge on any atom is -0.270 e. The fraction of sp³-hybridized carbons (Fsp3) is 0.857. The third-order valence-corrected chi connectivity index (χ3v) is 3.76. The number of rotatable bonds is 3. The van der Waals surface area contributed by atoms with E-state index in [1.54, 1.807) is 6.92 Å². The van der Waals surface area contributed by atoms with Crippen molar-refractivity contribution in [3.05, 3.63) is 0 Å². The van der Waals surface area contributed by atoms with Crippen molar-refractivity contribution < 1.29 is 8.22 Å². The van der Waals surface area contributed by atoms with Crippen LogP contribution in [-0.4, -0.2) is 8.74 Å². The average Bonchev–Trinajstić information content (AvgIpc) is 1.85. The second-order valence-electron chi connectivity index (χ2n) is 3.12. The highest BCUT2D eigenvalue weighted by Crippen LogP contribution is 2.29. The van der Waals surface area contributed by atoms with E-state index >= 15 is 0 Å². The molecule has 0 fully saturated rings. The highest BCUT2D eigenvalue weighted by atomic mass is 28.4. The van der Waals surface area contributed by atoms with Crippen molar-refractivity contribution in [2.75, 3.05) is 0 Å². The molecule has 0 rings (SSSR count). The van der Waals surface area contributed by atoms with E-state index in [0.29, 0.717) is 6.42 Å². The van der Waals surface area contributed by atoms with Crippen LogP contribution in [0, 0.1) is 17.2 Å². The summed E-state index contributed by atoms with van der Waals surface area (Å²) < 4.78 is 25.3. The zero-order chi connectivity index (χ0) is 9.07. The Morgan fingerprint density at radius 1 is 1.45 bits per heavy atom. The average molecular weight is 177 g/mol. The summed E-state index contributed by atoms with van der Waals surface area (Å²) >= 11 is 0. The van der Waals surface area contributed by atoms with Gasteiger partial charge in [-0.25, -0.2) is 0 Å². The van der Waals surface area contributed by atoms with Gasteiger partial charge in [0.1, 0.15) is 0 Å². The molecule has 2 unspecified atom stereocenters. The van der Waals surface area contributed by atoms with Crippen molar-refractivity contribution in [1.29, 1.82) is 5.26 Å². The first kappa shape index (κ1) is 10.6. The van der Waals surface area contributed by atoms with Crippen molar-refractivity contribution in [2.24, 2.45) is 5.92 Å². The van der Waals surface area contributed by atoms with Crippen LogP contribution in [0.5, 0.6) is 0 Å². The summed E-state index contributed by atoms with van der Waals surface area (Å²) in [4.78, 5) is 0. The normalized spacial score (nSPS) is 17.1. The molecular weight excluding hydrogens is 164 g/mol. The maximum absolute atomic E-state index is 12.6. The summed E-state index contributed by atoms with van der Waals surface area (Å²) in [6, 6.07) is 1.96. The lowest BCUT2D eigenvalue weighted by Gasteiger charge is -2.16. The standard InChI is InChI=1S/C7H13F2NSi/c1-6(5-10)4-7(2)11(3,8)9/h6-7H,4H2,1-3H3. The Balaban J connectivity index is 3.90. The van der Waals surface area contributed by atoms with Gasteiger partial charge in [0.2, 0.25) is 0 Å². The maximum Gasteiger partial charge on any atom is 0.424 e. The van der Waals surface area contributed by atoms with Crippen molar-refractivity contribution in [3.63, 3.8) is 0 Å². The van der Waals surface area contributed by atoms with E-state index in [-0.39, 0.29) is 5.92 Å². The number of hydrogen-bond acceptors (Lipinski definition) is 1. The molecule has 1 nitrogen and oxygen atoms in total. The van der Waals surface area contributed by atoms with E-state index < -0.39 is 14.3 Å². The molecule has 2 atom stereocenters. The van der Waals surface area contributed by atoms with Gasteiger partial charge < -0.3 is 0 Å². The first-order valence-corrected chi connectivity index (χ1v) is 5.98. The minimum absolute atomic E-state index is 0.247. The second kappa shape index (κ2) is 3.81. The molecule has 0 aromatic heterocycles. The summed E-state index contributed by atoms with van der Waals surface area (Å²) in [5.74, 6) is -0.247. The number of nitriles is 1. The second-order valence-corrected chi connectivity index (χ2v) is 6.02. The molecule has 0 aliphatic rings. The van der Waals surface area contributed by atoms with Crippen LogP contribution in [-0.2, 0) is 0 Å². The summed E-state index contributed by atoms with van der Waals surface area (Å²) in [6.45, 7) is 4.23. The Morgan fingerprint density at radius 2 is 1.91 bits per heavy atom. The molecule has 0 N–H and O–H groups in total. The van der Waals surface area contributed by atoms with Gasteiger partial charge >= 0.3 is 8.74 Å². The predicted molar refractivity (Wildman–Crippen MR) is 42.7 cm³/mol. The zero-order valence-electron chi connectivity index (χ0n) is 7.06. The van der Waals surface area contributed by atoms with Gasteiger partial charge in [-0.1, -0.05) is 6.92 Å². The molecule has 0 saturated heterocycles. The van der Waals surface area contributed by atoms with Crippen molar-refractivity contribution in [2.45, 2.75) is 32.4 Å². The minimum atomic E-state index is -3.99. The van der Waals surface area contributed by atoms with E-state index in [4.69, 9.17) is 5.26 Å². The maximum atomic E-state index is 12.6. The SMILES string of the molecule is CC(C#N)CC(C)[Si](C)(F)F. The van der Waals surface area contributed by atoms with Gasteiger partial charge in [-0.05, 0) is 19.9 Å². The van der Waals surface area contributed by atoms with E-state index in [2.05, 4.69) is 0 Å². The van der Waals surface area contributed by atoms with Crippen LogP contribution in [0.15, 0.2) is 0 Å². The molecule has 0 aromatic carbocycles. The van der Waals surface area contributed by atoms with Crippen molar-refractivity contribution in [1.82, 2.24) is 0 Å². The molecular formula is C7H13F2NSi. The molecule has 0 aromatic rings. The van der Waals surface area contributed by atoms with E-state index in [0.717, 1.165) is 6.55 Å². The predicted octanol–water partition coefficient (Wildman–Crippen LogP) is 2.94. The third kappa shape index (κ3) is 4.09. The summed E-state index contributed by atoms with van der Waals surface area (Å²) in [5, 5.41) is 8.37. The topological polar surface area (TPSA) is 23.8 Å². The first-order valence-electron chi connectivity index (χ1n) is 3.65. The molecule has 0 radical (unpaired) electrons. The number of hydrogen-bond donors (Lipinski definition) is 0. The highest BCUT2D eigenvalue weighted by molar-refractivity contribution is 6.66. The van der Waals surface area contributed by atoms with Gasteiger partial charge in [-0.15, -0.1) is 0 Å². The van der Waals surface area contributed by atoms with Gasteiger partial charge in [0, 0.05) is 11.5 Å².